The number of carbonyl (C=O) groups excluding carboxylic acids is 5. The molecule has 0 aromatic rings. The summed E-state index contributed by atoms with van der Waals surface area (Å²) in [5.41, 5.74) is -0.602. The fourth-order valence-electron chi connectivity index (χ4n) is 9.66. The van der Waals surface area contributed by atoms with E-state index in [2.05, 4.69) is 27.7 Å². The van der Waals surface area contributed by atoms with Crippen LogP contribution in [0.25, 0.3) is 0 Å². The lowest BCUT2D eigenvalue weighted by Crippen LogP contribution is -2.48. The Bertz CT molecular complexity index is 1240. The van der Waals surface area contributed by atoms with Gasteiger partial charge in [0.05, 0.1) is 19.8 Å². The van der Waals surface area contributed by atoms with E-state index in [1.165, 1.54) is 128 Å². The maximum Gasteiger partial charge on any atom is 0.305 e. The van der Waals surface area contributed by atoms with Gasteiger partial charge in [-0.3, -0.25) is 24.0 Å². The summed E-state index contributed by atoms with van der Waals surface area (Å²) in [6, 6.07) is 0. The third kappa shape index (κ3) is 37.6. The standard InChI is InChI=1S/C59H110N2O10/c1-6-10-14-18-20-26-34-52(32-24-16-12-8-3)48-68-55(64)36-28-22-30-38-57(66)70-50-59(41-44-61(45-42-59)54(63)40-43-60(5)46-47-62)51-71-58(67)39-31-23-29-37-56(65)69-49-53(33-25-17-13-9-4)35-27-21-19-15-11-7-2/h52-53,62H,6-51H2,1-5H3. The van der Waals surface area contributed by atoms with Crippen molar-refractivity contribution < 1.29 is 48.0 Å². The van der Waals surface area contributed by atoms with Gasteiger partial charge in [-0.1, -0.05) is 169 Å². The van der Waals surface area contributed by atoms with E-state index in [0.717, 1.165) is 38.5 Å². The summed E-state index contributed by atoms with van der Waals surface area (Å²) >= 11 is 0. The number of amides is 1. The number of ether oxygens (including phenoxy) is 4. The first-order chi connectivity index (χ1) is 34.5. The van der Waals surface area contributed by atoms with Crippen molar-refractivity contribution in [2.24, 2.45) is 17.3 Å². The highest BCUT2D eigenvalue weighted by molar-refractivity contribution is 5.76. The molecule has 0 aromatic carbocycles. The Morgan fingerprint density at radius 3 is 1.14 bits per heavy atom. The Morgan fingerprint density at radius 1 is 0.451 bits per heavy atom. The van der Waals surface area contributed by atoms with Gasteiger partial charge in [0.1, 0.15) is 13.2 Å². The van der Waals surface area contributed by atoms with Gasteiger partial charge in [0, 0.05) is 63.7 Å². The molecule has 0 spiro atoms. The van der Waals surface area contributed by atoms with Gasteiger partial charge >= 0.3 is 23.9 Å². The average molecular weight is 1010 g/mol. The summed E-state index contributed by atoms with van der Waals surface area (Å²) in [5, 5.41) is 9.24. The Labute approximate surface area is 434 Å². The molecule has 12 nitrogen and oxygen atoms in total. The minimum absolute atomic E-state index is 0.0376. The number of likely N-dealkylation sites (N-methyl/N-ethyl adjacent to an activating group) is 1. The Hall–Kier alpha value is -2.73. The molecule has 416 valence electrons. The first-order valence-electron chi connectivity index (χ1n) is 29.7. The molecule has 71 heavy (non-hydrogen) atoms. The molecule has 1 amide bonds. The molecule has 1 fully saturated rings. The number of esters is 4. The molecule has 0 bridgehead atoms. The minimum atomic E-state index is -0.602. The van der Waals surface area contributed by atoms with Gasteiger partial charge in [0.15, 0.2) is 0 Å². The zero-order valence-electron chi connectivity index (χ0n) is 46.7. The van der Waals surface area contributed by atoms with E-state index in [-0.39, 0.29) is 62.4 Å². The molecule has 1 heterocycles. The van der Waals surface area contributed by atoms with Crippen LogP contribution in [0, 0.1) is 17.3 Å². The molecule has 2 atom stereocenters. The summed E-state index contributed by atoms with van der Waals surface area (Å²) in [4.78, 5) is 68.3. The number of likely N-dealkylation sites (tertiary alicyclic amines) is 1. The SMILES string of the molecule is CCCCCCCCC(CCCCCC)COC(=O)CCCCCC(=O)OCC1(COC(=O)CCCCCC(=O)OCC(CCCCCC)CCCCCCCC)CCN(C(=O)CCN(C)CCO)CC1. The molecule has 1 saturated heterocycles. The summed E-state index contributed by atoms with van der Waals surface area (Å²) in [6.45, 7) is 12.2. The molecule has 1 aliphatic heterocycles. The van der Waals surface area contributed by atoms with Crippen LogP contribution >= 0.6 is 0 Å². The van der Waals surface area contributed by atoms with Crippen LogP contribution in [0.15, 0.2) is 0 Å². The van der Waals surface area contributed by atoms with Crippen molar-refractivity contribution >= 4 is 29.8 Å². The highest BCUT2D eigenvalue weighted by Crippen LogP contribution is 2.33. The van der Waals surface area contributed by atoms with Gasteiger partial charge in [-0.05, 0) is 83.1 Å². The van der Waals surface area contributed by atoms with Crippen LogP contribution in [0.2, 0.25) is 0 Å². The van der Waals surface area contributed by atoms with E-state index in [1.54, 1.807) is 0 Å². The average Bonchev–Trinajstić information content (AvgIpc) is 3.37. The fourth-order valence-corrected chi connectivity index (χ4v) is 9.66. The number of hydrogen-bond donors (Lipinski definition) is 1. The number of unbranched alkanes of at least 4 members (excludes halogenated alkanes) is 20. The number of piperidine rings is 1. The fraction of sp³-hybridized carbons (Fsp3) is 0.915. The second-order valence-electron chi connectivity index (χ2n) is 21.5. The molecule has 0 saturated carbocycles. The van der Waals surface area contributed by atoms with Crippen LogP contribution in [0.5, 0.6) is 0 Å². The summed E-state index contributed by atoms with van der Waals surface area (Å²) < 4.78 is 23.2. The third-order valence-corrected chi connectivity index (χ3v) is 14.8. The molecule has 0 aromatic heterocycles. The number of carbonyl (C=O) groups is 5. The van der Waals surface area contributed by atoms with Crippen LogP contribution < -0.4 is 0 Å². The molecule has 0 radical (unpaired) electrons. The quantitative estimate of drug-likeness (QED) is 0.0353. The normalized spacial score (nSPS) is 14.3. The van der Waals surface area contributed by atoms with E-state index >= 15 is 0 Å². The van der Waals surface area contributed by atoms with Crippen molar-refractivity contribution in [1.82, 2.24) is 9.80 Å². The van der Waals surface area contributed by atoms with E-state index in [4.69, 9.17) is 18.9 Å². The Balaban J connectivity index is 2.58. The monoisotopic (exact) mass is 1010 g/mol. The van der Waals surface area contributed by atoms with Crippen molar-refractivity contribution in [3.8, 4) is 0 Å². The molecule has 0 aliphatic carbocycles. The van der Waals surface area contributed by atoms with Crippen LogP contribution in [0.3, 0.4) is 0 Å². The Kier molecular flexibility index (Phi) is 42.8. The summed E-state index contributed by atoms with van der Waals surface area (Å²) in [7, 11) is 1.88. The second kappa shape index (κ2) is 45.9. The molecular formula is C59H110N2O10. The van der Waals surface area contributed by atoms with Crippen LogP contribution in [-0.4, -0.2) is 111 Å². The van der Waals surface area contributed by atoms with Crippen molar-refractivity contribution in [2.45, 2.75) is 265 Å². The van der Waals surface area contributed by atoms with Gasteiger partial charge in [-0.15, -0.1) is 0 Å². The predicted molar refractivity (Wildman–Crippen MR) is 288 cm³/mol. The van der Waals surface area contributed by atoms with Gasteiger partial charge in [-0.2, -0.15) is 0 Å². The van der Waals surface area contributed by atoms with Crippen LogP contribution in [0.1, 0.15) is 265 Å². The number of rotatable bonds is 49. The summed E-state index contributed by atoms with van der Waals surface area (Å²) in [6.07, 6.45) is 36.0. The highest BCUT2D eigenvalue weighted by Gasteiger charge is 2.38. The van der Waals surface area contributed by atoms with E-state index < -0.39 is 5.41 Å². The predicted octanol–water partition coefficient (Wildman–Crippen LogP) is 13.7. The second-order valence-corrected chi connectivity index (χ2v) is 21.5. The third-order valence-electron chi connectivity index (χ3n) is 14.8. The molecule has 12 heteroatoms. The Morgan fingerprint density at radius 2 is 0.775 bits per heavy atom. The maximum atomic E-state index is 13.1. The topological polar surface area (TPSA) is 149 Å². The summed E-state index contributed by atoms with van der Waals surface area (Å²) in [5.74, 6) is -0.0395. The lowest BCUT2D eigenvalue weighted by atomic mass is 9.79. The number of aliphatic hydroxyl groups is 1. The zero-order valence-corrected chi connectivity index (χ0v) is 46.7. The van der Waals surface area contributed by atoms with Crippen molar-refractivity contribution in [2.75, 3.05) is 66.3 Å². The van der Waals surface area contributed by atoms with Crippen LogP contribution in [0.4, 0.5) is 0 Å². The van der Waals surface area contributed by atoms with Gasteiger partial charge in [-0.25, -0.2) is 0 Å². The van der Waals surface area contributed by atoms with Gasteiger partial charge < -0.3 is 33.9 Å². The molecule has 1 N–H and O–H groups in total. The molecule has 1 rings (SSSR count). The number of aliphatic hydroxyl groups excluding tert-OH is 1. The van der Waals surface area contributed by atoms with Crippen molar-refractivity contribution in [3.05, 3.63) is 0 Å². The first kappa shape index (κ1) is 66.3. The largest absolute Gasteiger partial charge is 0.465 e. The van der Waals surface area contributed by atoms with Crippen molar-refractivity contribution in [3.63, 3.8) is 0 Å². The lowest BCUT2D eigenvalue weighted by molar-refractivity contribution is -0.158. The number of nitrogens with zero attached hydrogens (tertiary/aromatic N) is 2. The lowest BCUT2D eigenvalue weighted by Gasteiger charge is -2.41. The van der Waals surface area contributed by atoms with E-state index in [9.17, 15) is 29.1 Å². The smallest absolute Gasteiger partial charge is 0.305 e. The molecule has 1 aliphatic rings. The van der Waals surface area contributed by atoms with E-state index in [1.807, 2.05) is 16.8 Å². The van der Waals surface area contributed by atoms with Gasteiger partial charge in [0.2, 0.25) is 5.91 Å². The maximum absolute atomic E-state index is 13.1. The number of hydrogen-bond acceptors (Lipinski definition) is 11. The molecule has 2 unspecified atom stereocenters. The minimum Gasteiger partial charge on any atom is -0.465 e. The van der Waals surface area contributed by atoms with Crippen LogP contribution in [-0.2, 0) is 42.9 Å². The van der Waals surface area contributed by atoms with Gasteiger partial charge in [0.25, 0.3) is 0 Å². The first-order valence-corrected chi connectivity index (χ1v) is 29.7. The molecular weight excluding hydrogens is 897 g/mol. The van der Waals surface area contributed by atoms with Crippen molar-refractivity contribution in [1.29, 1.82) is 0 Å². The zero-order chi connectivity index (χ0) is 52.1. The highest BCUT2D eigenvalue weighted by atomic mass is 16.6. The van der Waals surface area contributed by atoms with E-state index in [0.29, 0.717) is 109 Å².